The van der Waals surface area contributed by atoms with Crippen molar-refractivity contribution in [3.05, 3.63) is 24.3 Å². The van der Waals surface area contributed by atoms with E-state index in [9.17, 15) is 8.42 Å². The fourth-order valence-electron chi connectivity index (χ4n) is 1.19. The van der Waals surface area contributed by atoms with E-state index in [1.54, 1.807) is 12.1 Å². The first-order valence-corrected chi connectivity index (χ1v) is 6.81. The average Bonchev–Trinajstić information content (AvgIpc) is 2.36. The lowest BCUT2D eigenvalue weighted by molar-refractivity contribution is 0.413. The smallest absolute Gasteiger partial charge is 0.240 e. The van der Waals surface area contributed by atoms with Crippen molar-refractivity contribution in [3.8, 4) is 5.75 Å². The fraction of sp³-hybridized carbons (Fsp3) is 0.455. The molecular weight excluding hydrogens is 240 g/mol. The van der Waals surface area contributed by atoms with Crippen LogP contribution in [0.5, 0.6) is 5.75 Å². The van der Waals surface area contributed by atoms with Crippen molar-refractivity contribution in [2.24, 2.45) is 11.7 Å². The topological polar surface area (TPSA) is 81.4 Å². The van der Waals surface area contributed by atoms with Gasteiger partial charge in [0.15, 0.2) is 0 Å². The van der Waals surface area contributed by atoms with Crippen molar-refractivity contribution in [1.82, 2.24) is 4.72 Å². The summed E-state index contributed by atoms with van der Waals surface area (Å²) < 4.78 is 31.3. The maximum atomic E-state index is 11.9. The number of methoxy groups -OCH3 is 1. The van der Waals surface area contributed by atoms with E-state index in [1.807, 2.05) is 6.92 Å². The van der Waals surface area contributed by atoms with Crippen LogP contribution < -0.4 is 15.2 Å². The van der Waals surface area contributed by atoms with Gasteiger partial charge in [0, 0.05) is 12.6 Å². The van der Waals surface area contributed by atoms with Crippen LogP contribution in [0.2, 0.25) is 0 Å². The zero-order valence-electron chi connectivity index (χ0n) is 10.0. The summed E-state index contributed by atoms with van der Waals surface area (Å²) in [5.74, 6) is 0.620. The Morgan fingerprint density at radius 2 is 2.18 bits per heavy atom. The minimum Gasteiger partial charge on any atom is -0.497 e. The summed E-state index contributed by atoms with van der Waals surface area (Å²) in [5, 5.41) is 0. The second-order valence-electron chi connectivity index (χ2n) is 3.87. The van der Waals surface area contributed by atoms with Crippen LogP contribution in [-0.4, -0.2) is 28.6 Å². The first kappa shape index (κ1) is 14.0. The molecule has 3 N–H and O–H groups in total. The van der Waals surface area contributed by atoms with Crippen molar-refractivity contribution in [2.45, 2.75) is 11.8 Å². The Kier molecular flexibility index (Phi) is 4.92. The zero-order valence-corrected chi connectivity index (χ0v) is 10.8. The normalized spacial score (nSPS) is 13.4. The van der Waals surface area contributed by atoms with E-state index in [2.05, 4.69) is 4.72 Å². The van der Waals surface area contributed by atoms with E-state index in [1.165, 1.54) is 19.2 Å². The molecule has 1 aromatic rings. The van der Waals surface area contributed by atoms with Crippen LogP contribution >= 0.6 is 0 Å². The molecule has 0 bridgehead atoms. The first-order valence-electron chi connectivity index (χ1n) is 5.33. The van der Waals surface area contributed by atoms with Crippen molar-refractivity contribution >= 4 is 10.0 Å². The van der Waals surface area contributed by atoms with Gasteiger partial charge < -0.3 is 10.5 Å². The van der Waals surface area contributed by atoms with Gasteiger partial charge in [-0.15, -0.1) is 0 Å². The van der Waals surface area contributed by atoms with Gasteiger partial charge in [-0.25, -0.2) is 13.1 Å². The number of sulfonamides is 1. The monoisotopic (exact) mass is 258 g/mol. The highest BCUT2D eigenvalue weighted by Crippen LogP contribution is 2.16. The Bertz CT molecular complexity index is 460. The standard InChI is InChI=1S/C11H18N2O3S/c1-9(7-12)8-13-17(14,15)11-5-3-4-10(6-11)16-2/h3-6,9,13H,7-8,12H2,1-2H3. The maximum Gasteiger partial charge on any atom is 0.240 e. The predicted octanol–water partition coefficient (Wildman–Crippen LogP) is 0.568. The van der Waals surface area contributed by atoms with Gasteiger partial charge in [0.25, 0.3) is 0 Å². The molecule has 0 aromatic heterocycles. The second kappa shape index (κ2) is 6.00. The number of hydrogen-bond donors (Lipinski definition) is 2. The quantitative estimate of drug-likeness (QED) is 0.781. The number of rotatable bonds is 6. The summed E-state index contributed by atoms with van der Waals surface area (Å²) in [5.41, 5.74) is 5.43. The third-order valence-corrected chi connectivity index (χ3v) is 3.80. The van der Waals surface area contributed by atoms with Gasteiger partial charge in [0.1, 0.15) is 5.75 Å². The van der Waals surface area contributed by atoms with E-state index in [4.69, 9.17) is 10.5 Å². The van der Waals surface area contributed by atoms with Crippen LogP contribution in [0.1, 0.15) is 6.92 Å². The molecule has 1 atom stereocenters. The van der Waals surface area contributed by atoms with E-state index in [0.29, 0.717) is 18.8 Å². The van der Waals surface area contributed by atoms with Crippen molar-refractivity contribution < 1.29 is 13.2 Å². The molecule has 0 aliphatic rings. The lowest BCUT2D eigenvalue weighted by Gasteiger charge is -2.11. The van der Waals surface area contributed by atoms with Crippen LogP contribution in [0.4, 0.5) is 0 Å². The minimum absolute atomic E-state index is 0.107. The average molecular weight is 258 g/mol. The largest absolute Gasteiger partial charge is 0.497 e. The molecule has 0 saturated carbocycles. The Balaban J connectivity index is 2.82. The Labute approximate surface area is 102 Å². The van der Waals surface area contributed by atoms with Gasteiger partial charge in [0.2, 0.25) is 10.0 Å². The predicted molar refractivity (Wildman–Crippen MR) is 66.4 cm³/mol. The molecule has 0 radical (unpaired) electrons. The van der Waals surface area contributed by atoms with Gasteiger partial charge >= 0.3 is 0 Å². The van der Waals surface area contributed by atoms with Crippen LogP contribution in [-0.2, 0) is 10.0 Å². The molecule has 96 valence electrons. The molecule has 0 heterocycles. The van der Waals surface area contributed by atoms with Gasteiger partial charge in [0.05, 0.1) is 12.0 Å². The Morgan fingerprint density at radius 3 is 2.76 bits per heavy atom. The summed E-state index contributed by atoms with van der Waals surface area (Å²) in [4.78, 5) is 0.195. The molecule has 0 fully saturated rings. The van der Waals surface area contributed by atoms with Crippen molar-refractivity contribution in [1.29, 1.82) is 0 Å². The van der Waals surface area contributed by atoms with Crippen molar-refractivity contribution in [2.75, 3.05) is 20.2 Å². The summed E-state index contributed by atoms with van der Waals surface area (Å²) in [6.45, 7) is 2.66. The van der Waals surface area contributed by atoms with E-state index in [-0.39, 0.29) is 10.8 Å². The highest BCUT2D eigenvalue weighted by atomic mass is 32.2. The molecule has 0 aliphatic carbocycles. The molecule has 0 aliphatic heterocycles. The lowest BCUT2D eigenvalue weighted by Crippen LogP contribution is -2.31. The summed E-state index contributed by atoms with van der Waals surface area (Å²) in [6.07, 6.45) is 0. The molecule has 5 nitrogen and oxygen atoms in total. The summed E-state index contributed by atoms with van der Waals surface area (Å²) in [7, 11) is -1.99. The SMILES string of the molecule is COc1cccc(S(=O)(=O)NCC(C)CN)c1. The number of nitrogens with one attached hydrogen (secondary N) is 1. The second-order valence-corrected chi connectivity index (χ2v) is 5.64. The molecule has 1 rings (SSSR count). The fourth-order valence-corrected chi connectivity index (χ4v) is 2.39. The van der Waals surface area contributed by atoms with E-state index >= 15 is 0 Å². The molecule has 0 saturated heterocycles. The number of nitrogens with two attached hydrogens (primary N) is 1. The summed E-state index contributed by atoms with van der Waals surface area (Å²) in [6, 6.07) is 6.34. The van der Waals surface area contributed by atoms with Gasteiger partial charge in [-0.2, -0.15) is 0 Å². The Morgan fingerprint density at radius 1 is 1.47 bits per heavy atom. The van der Waals surface area contributed by atoms with Crippen LogP contribution in [0.3, 0.4) is 0 Å². The molecule has 6 heteroatoms. The third-order valence-electron chi connectivity index (χ3n) is 2.38. The zero-order chi connectivity index (χ0) is 12.9. The molecule has 1 aromatic carbocycles. The number of benzene rings is 1. The van der Waals surface area contributed by atoms with Crippen LogP contribution in [0.25, 0.3) is 0 Å². The number of ether oxygens (including phenoxy) is 1. The van der Waals surface area contributed by atoms with E-state index < -0.39 is 10.0 Å². The molecule has 17 heavy (non-hydrogen) atoms. The number of hydrogen-bond acceptors (Lipinski definition) is 4. The minimum atomic E-state index is -3.48. The summed E-state index contributed by atoms with van der Waals surface area (Å²) >= 11 is 0. The van der Waals surface area contributed by atoms with Crippen LogP contribution in [0.15, 0.2) is 29.2 Å². The highest BCUT2D eigenvalue weighted by molar-refractivity contribution is 7.89. The molecular formula is C11H18N2O3S. The van der Waals surface area contributed by atoms with Gasteiger partial charge in [-0.1, -0.05) is 13.0 Å². The third kappa shape index (κ3) is 3.99. The first-order chi connectivity index (χ1) is 7.99. The molecule has 0 amide bonds. The van der Waals surface area contributed by atoms with E-state index in [0.717, 1.165) is 0 Å². The van der Waals surface area contributed by atoms with Gasteiger partial charge in [-0.3, -0.25) is 0 Å². The molecule has 0 spiro atoms. The van der Waals surface area contributed by atoms with Crippen molar-refractivity contribution in [3.63, 3.8) is 0 Å². The van der Waals surface area contributed by atoms with Crippen LogP contribution in [0, 0.1) is 5.92 Å². The highest BCUT2D eigenvalue weighted by Gasteiger charge is 2.15. The Hall–Kier alpha value is -1.11. The maximum absolute atomic E-state index is 11.9. The molecule has 1 unspecified atom stereocenters. The lowest BCUT2D eigenvalue weighted by atomic mass is 10.2. The van der Waals surface area contributed by atoms with Gasteiger partial charge in [-0.05, 0) is 24.6 Å².